The maximum Gasteiger partial charge on any atom is 0.0725 e. The molecule has 0 unspecified atom stereocenters. The summed E-state index contributed by atoms with van der Waals surface area (Å²) < 4.78 is 0. The second-order valence-electron chi connectivity index (χ2n) is 27.3. The smallest absolute Gasteiger partial charge is 0.0725 e. The van der Waals surface area contributed by atoms with Crippen LogP contribution in [-0.2, 0) is 16.2 Å². The van der Waals surface area contributed by atoms with Gasteiger partial charge in [0.05, 0.1) is 5.41 Å². The van der Waals surface area contributed by atoms with Gasteiger partial charge >= 0.3 is 0 Å². The molecule has 0 fully saturated rings. The molecule has 0 heterocycles. The van der Waals surface area contributed by atoms with Gasteiger partial charge in [0, 0.05) is 45.0 Å². The number of aryl methyl sites for hydroxylation is 2. The number of benzene rings is 14. The van der Waals surface area contributed by atoms with E-state index in [0.29, 0.717) is 0 Å². The summed E-state index contributed by atoms with van der Waals surface area (Å²) in [6, 6.07) is 115. The number of anilines is 6. The Kier molecular flexibility index (Phi) is 12.1. The SMILES string of the molecule is Cc1ccc2c(c1)C(C)(C)c1cc(N(c3ccc(-c4ccc(N(c5ccc(-c6ccc7ccccc7c6)cc5)c5ccc6c(c5)-c5ccccc5C65c6ccccc6-c6ccccc65)cc4)c(-c4ccccc4)c3)c3ccc4c(c3)C(C)(C)c3cc(C)ccc3-4)ccc1-2. The van der Waals surface area contributed by atoms with Crippen molar-refractivity contribution in [3.63, 3.8) is 0 Å². The minimum atomic E-state index is -0.428. The van der Waals surface area contributed by atoms with Crippen molar-refractivity contribution in [3.05, 3.63) is 359 Å². The highest BCUT2D eigenvalue weighted by molar-refractivity contribution is 5.98. The second kappa shape index (κ2) is 20.5. The summed E-state index contributed by atoms with van der Waals surface area (Å²) in [5.41, 5.74) is 36.8. The van der Waals surface area contributed by atoms with Gasteiger partial charge in [-0.1, -0.05) is 263 Å². The van der Waals surface area contributed by atoms with Crippen LogP contribution in [0.4, 0.5) is 34.1 Å². The van der Waals surface area contributed by atoms with Crippen molar-refractivity contribution in [1.82, 2.24) is 0 Å². The van der Waals surface area contributed by atoms with Crippen LogP contribution in [0.25, 0.3) is 88.7 Å². The lowest BCUT2D eigenvalue weighted by Gasteiger charge is -2.31. The summed E-state index contributed by atoms with van der Waals surface area (Å²) in [5.74, 6) is 0. The van der Waals surface area contributed by atoms with E-state index in [0.717, 1.165) is 45.3 Å². The maximum atomic E-state index is 2.51. The average molecular weight is 1190 g/mol. The summed E-state index contributed by atoms with van der Waals surface area (Å²) in [7, 11) is 0. The van der Waals surface area contributed by atoms with Crippen LogP contribution < -0.4 is 9.80 Å². The highest BCUT2D eigenvalue weighted by Gasteiger charge is 2.51. The quantitative estimate of drug-likeness (QED) is 0.142. The van der Waals surface area contributed by atoms with Crippen LogP contribution in [0.1, 0.15) is 83.3 Å². The fourth-order valence-electron chi connectivity index (χ4n) is 16.8. The van der Waals surface area contributed by atoms with Crippen molar-refractivity contribution in [2.24, 2.45) is 0 Å². The Hall–Kier alpha value is -11.1. The first-order chi connectivity index (χ1) is 45.4. The monoisotopic (exact) mass is 1190 g/mol. The molecule has 4 aliphatic rings. The average Bonchev–Trinajstić information content (AvgIpc) is 1.51. The molecule has 14 aromatic carbocycles. The molecule has 0 radical (unpaired) electrons. The molecule has 0 amide bonds. The van der Waals surface area contributed by atoms with E-state index in [1.165, 1.54) is 133 Å². The van der Waals surface area contributed by atoms with Gasteiger partial charge in [-0.05, 0) is 226 Å². The van der Waals surface area contributed by atoms with Gasteiger partial charge in [-0.25, -0.2) is 0 Å². The molecule has 0 atom stereocenters. The van der Waals surface area contributed by atoms with Gasteiger partial charge in [0.15, 0.2) is 0 Å². The highest BCUT2D eigenvalue weighted by atomic mass is 15.1. The normalized spacial score (nSPS) is 14.2. The first-order valence-corrected chi connectivity index (χ1v) is 32.9. The Balaban J connectivity index is 0.779. The summed E-state index contributed by atoms with van der Waals surface area (Å²) in [6.07, 6.45) is 0. The number of hydrogen-bond acceptors (Lipinski definition) is 2. The topological polar surface area (TPSA) is 6.48 Å². The van der Waals surface area contributed by atoms with E-state index in [-0.39, 0.29) is 10.8 Å². The Bertz CT molecular complexity index is 5250. The number of fused-ring (bicyclic) bond motifs is 17. The van der Waals surface area contributed by atoms with Gasteiger partial charge < -0.3 is 9.80 Å². The van der Waals surface area contributed by atoms with Crippen molar-refractivity contribution in [1.29, 1.82) is 0 Å². The zero-order valence-electron chi connectivity index (χ0n) is 53.3. The molecule has 442 valence electrons. The maximum absolute atomic E-state index is 2.51. The van der Waals surface area contributed by atoms with Crippen molar-refractivity contribution in [2.45, 2.75) is 57.8 Å². The fraction of sp³-hybridized carbons (Fsp3) is 0.0989. The molecular weight excluding hydrogens is 1120 g/mol. The lowest BCUT2D eigenvalue weighted by Crippen LogP contribution is -2.25. The van der Waals surface area contributed by atoms with E-state index in [2.05, 4.69) is 355 Å². The van der Waals surface area contributed by atoms with E-state index < -0.39 is 5.41 Å². The molecule has 0 aromatic heterocycles. The standard InChI is InChI=1S/C91H68N2/c1-57-28-44-75-77-47-41-69(55-87(77)89(3,4)85(75)50-57)93(70-42-48-78-76-45-29-58(2)51-86(76)90(5,6)88(78)56-70)67-40-46-71(79(53-67)61-19-8-7-9-20-61)62-34-38-66(39-35-62)92(65-36-32-60(33-37-65)64-31-30-59-18-10-11-21-63(59)52-64)68-43-49-84-80(54-68)74-24-14-17-27-83(74)91(84)81-25-15-12-22-72(81)73-23-13-16-26-82(73)91/h7-56H,1-6H3. The lowest BCUT2D eigenvalue weighted by atomic mass is 9.70. The lowest BCUT2D eigenvalue weighted by molar-refractivity contribution is 0.659. The van der Waals surface area contributed by atoms with Crippen molar-refractivity contribution < 1.29 is 0 Å². The van der Waals surface area contributed by atoms with E-state index in [4.69, 9.17) is 0 Å². The van der Waals surface area contributed by atoms with Gasteiger partial charge in [-0.15, -0.1) is 0 Å². The summed E-state index contributed by atoms with van der Waals surface area (Å²) in [6.45, 7) is 14.0. The van der Waals surface area contributed by atoms with Gasteiger partial charge in [-0.2, -0.15) is 0 Å². The predicted molar refractivity (Wildman–Crippen MR) is 391 cm³/mol. The molecule has 0 saturated carbocycles. The van der Waals surface area contributed by atoms with Crippen LogP contribution >= 0.6 is 0 Å². The van der Waals surface area contributed by atoms with E-state index in [1.807, 2.05) is 0 Å². The minimum absolute atomic E-state index is 0.177. The van der Waals surface area contributed by atoms with Gasteiger partial charge in [-0.3, -0.25) is 0 Å². The molecule has 4 aliphatic carbocycles. The zero-order chi connectivity index (χ0) is 62.5. The molecule has 2 heteroatoms. The fourth-order valence-corrected chi connectivity index (χ4v) is 16.8. The molecule has 0 N–H and O–H groups in total. The van der Waals surface area contributed by atoms with Crippen molar-refractivity contribution in [2.75, 3.05) is 9.80 Å². The number of hydrogen-bond donors (Lipinski definition) is 0. The largest absolute Gasteiger partial charge is 0.310 e. The van der Waals surface area contributed by atoms with E-state index in [9.17, 15) is 0 Å². The number of rotatable bonds is 9. The summed E-state index contributed by atoms with van der Waals surface area (Å²) in [4.78, 5) is 4.96. The summed E-state index contributed by atoms with van der Waals surface area (Å²) in [5, 5.41) is 2.48. The van der Waals surface area contributed by atoms with Gasteiger partial charge in [0.2, 0.25) is 0 Å². The van der Waals surface area contributed by atoms with Crippen LogP contribution in [-0.4, -0.2) is 0 Å². The molecule has 0 saturated heterocycles. The highest BCUT2D eigenvalue weighted by Crippen LogP contribution is 2.64. The second-order valence-corrected chi connectivity index (χ2v) is 27.3. The first-order valence-electron chi connectivity index (χ1n) is 32.9. The van der Waals surface area contributed by atoms with Crippen LogP contribution in [0.15, 0.2) is 303 Å². The molecule has 14 aromatic rings. The third-order valence-corrected chi connectivity index (χ3v) is 21.4. The molecule has 0 bridgehead atoms. The van der Waals surface area contributed by atoms with Gasteiger partial charge in [0.1, 0.15) is 0 Å². The molecule has 93 heavy (non-hydrogen) atoms. The minimum Gasteiger partial charge on any atom is -0.310 e. The predicted octanol–water partition coefficient (Wildman–Crippen LogP) is 24.4. The molecule has 1 spiro atoms. The van der Waals surface area contributed by atoms with Crippen LogP contribution in [0.3, 0.4) is 0 Å². The Morgan fingerprint density at radius 3 is 1.11 bits per heavy atom. The Labute approximate surface area is 546 Å². The van der Waals surface area contributed by atoms with Crippen LogP contribution in [0, 0.1) is 13.8 Å². The summed E-state index contributed by atoms with van der Waals surface area (Å²) >= 11 is 0. The van der Waals surface area contributed by atoms with Crippen molar-refractivity contribution in [3.8, 4) is 77.9 Å². The van der Waals surface area contributed by atoms with E-state index >= 15 is 0 Å². The van der Waals surface area contributed by atoms with E-state index in [1.54, 1.807) is 0 Å². The van der Waals surface area contributed by atoms with Crippen LogP contribution in [0.5, 0.6) is 0 Å². The Morgan fingerprint density at radius 2 is 0.559 bits per heavy atom. The van der Waals surface area contributed by atoms with Crippen molar-refractivity contribution >= 4 is 44.9 Å². The van der Waals surface area contributed by atoms with Gasteiger partial charge in [0.25, 0.3) is 0 Å². The first kappa shape index (κ1) is 54.8. The third kappa shape index (κ3) is 8.20. The molecule has 2 nitrogen and oxygen atoms in total. The third-order valence-electron chi connectivity index (χ3n) is 21.4. The molecular formula is C91H68N2. The molecule has 0 aliphatic heterocycles. The zero-order valence-corrected chi connectivity index (χ0v) is 53.3. The molecule has 18 rings (SSSR count). The Morgan fingerprint density at radius 1 is 0.204 bits per heavy atom. The van der Waals surface area contributed by atoms with Crippen LogP contribution in [0.2, 0.25) is 0 Å². The number of nitrogens with zero attached hydrogens (tertiary/aromatic N) is 2.